The number of nitrogens with one attached hydrogen (secondary N) is 1. The lowest BCUT2D eigenvalue weighted by atomic mass is 10.2. The van der Waals surface area contributed by atoms with E-state index < -0.39 is 15.9 Å². The molecule has 20 heavy (non-hydrogen) atoms. The molecule has 0 aliphatic heterocycles. The summed E-state index contributed by atoms with van der Waals surface area (Å²) >= 11 is 0. The summed E-state index contributed by atoms with van der Waals surface area (Å²) in [7, 11) is -3.46. The summed E-state index contributed by atoms with van der Waals surface area (Å²) in [5.74, 6) is 0.452. The quantitative estimate of drug-likeness (QED) is 0.748. The first-order valence-electron chi connectivity index (χ1n) is 6.90. The van der Waals surface area contributed by atoms with Gasteiger partial charge in [-0.15, -0.1) is 0 Å². The number of aromatic nitrogens is 2. The van der Waals surface area contributed by atoms with Crippen molar-refractivity contribution in [3.63, 3.8) is 0 Å². The lowest BCUT2D eigenvalue weighted by Gasteiger charge is -2.16. The Labute approximate surface area is 118 Å². The normalized spacial score (nSPS) is 26.9. The van der Waals surface area contributed by atoms with Crippen molar-refractivity contribution < 1.29 is 13.5 Å². The highest BCUT2D eigenvalue weighted by Crippen LogP contribution is 2.37. The van der Waals surface area contributed by atoms with Crippen molar-refractivity contribution in [3.8, 4) is 0 Å². The first kappa shape index (κ1) is 13.7. The zero-order valence-corrected chi connectivity index (χ0v) is 12.2. The van der Waals surface area contributed by atoms with Gasteiger partial charge in [0.2, 0.25) is 0 Å². The molecule has 0 saturated heterocycles. The van der Waals surface area contributed by atoms with Gasteiger partial charge in [-0.2, -0.15) is 5.10 Å². The third kappa shape index (κ3) is 2.37. The Kier molecular flexibility index (Phi) is 3.17. The molecule has 0 aromatic carbocycles. The maximum Gasteiger partial charge on any atom is 0.182 e. The molecule has 2 saturated carbocycles. The summed E-state index contributed by atoms with van der Waals surface area (Å²) in [5.41, 5.74) is 6.00. The number of nitrogens with two attached hydrogens (primary N) is 1. The van der Waals surface area contributed by atoms with Crippen molar-refractivity contribution in [1.82, 2.24) is 9.78 Å². The monoisotopic (exact) mass is 300 g/mol. The predicted molar refractivity (Wildman–Crippen MR) is 75.3 cm³/mol. The first-order chi connectivity index (χ1) is 9.38. The molecule has 4 N–H and O–H groups in total. The minimum atomic E-state index is -3.46. The number of aliphatic hydroxyl groups excluding tert-OH is 1. The topological polar surface area (TPSA) is 110 Å². The van der Waals surface area contributed by atoms with E-state index in [1.807, 2.05) is 0 Å². The van der Waals surface area contributed by atoms with Crippen LogP contribution in [0.3, 0.4) is 0 Å². The number of hydrogen-bond acceptors (Lipinski definition) is 6. The van der Waals surface area contributed by atoms with E-state index in [0.29, 0.717) is 12.2 Å². The Morgan fingerprint density at radius 2 is 2.05 bits per heavy atom. The van der Waals surface area contributed by atoms with Gasteiger partial charge in [0.1, 0.15) is 5.82 Å². The SMILES string of the molecule is CS(=O)(=O)c1c(NC2CC2)nn(C2CCCC2O)c1N. The van der Waals surface area contributed by atoms with E-state index in [2.05, 4.69) is 10.4 Å². The molecule has 1 aromatic heterocycles. The van der Waals surface area contributed by atoms with Crippen LogP contribution >= 0.6 is 0 Å². The van der Waals surface area contributed by atoms with Crippen molar-refractivity contribution in [3.05, 3.63) is 0 Å². The molecule has 2 aliphatic rings. The Hall–Kier alpha value is -1.28. The van der Waals surface area contributed by atoms with E-state index in [4.69, 9.17) is 5.73 Å². The van der Waals surface area contributed by atoms with Crippen LogP contribution < -0.4 is 11.1 Å². The van der Waals surface area contributed by atoms with Gasteiger partial charge in [0.05, 0.1) is 12.1 Å². The Bertz CT molecular complexity index is 621. The molecule has 1 heterocycles. The van der Waals surface area contributed by atoms with Crippen LogP contribution in [0.25, 0.3) is 0 Å². The third-order valence-corrected chi connectivity index (χ3v) is 5.09. The molecular formula is C12H20N4O3S. The number of nitrogen functional groups attached to an aromatic ring is 1. The molecule has 0 amide bonds. The Morgan fingerprint density at radius 1 is 1.35 bits per heavy atom. The van der Waals surface area contributed by atoms with Gasteiger partial charge >= 0.3 is 0 Å². The van der Waals surface area contributed by atoms with Gasteiger partial charge in [-0.25, -0.2) is 13.1 Å². The first-order valence-corrected chi connectivity index (χ1v) is 8.79. The van der Waals surface area contributed by atoms with Gasteiger partial charge in [0, 0.05) is 12.3 Å². The second kappa shape index (κ2) is 4.63. The molecule has 2 unspecified atom stereocenters. The Balaban J connectivity index is 2.04. The number of sulfone groups is 1. The van der Waals surface area contributed by atoms with Crippen LogP contribution in [0, 0.1) is 0 Å². The molecule has 8 heteroatoms. The van der Waals surface area contributed by atoms with Gasteiger partial charge < -0.3 is 16.2 Å². The largest absolute Gasteiger partial charge is 0.391 e. The Morgan fingerprint density at radius 3 is 2.55 bits per heavy atom. The summed E-state index contributed by atoms with van der Waals surface area (Å²) in [6, 6.07) is 0.0528. The minimum Gasteiger partial charge on any atom is -0.391 e. The summed E-state index contributed by atoms with van der Waals surface area (Å²) in [5, 5.41) is 17.4. The minimum absolute atomic E-state index is 0.0588. The number of hydrogen-bond donors (Lipinski definition) is 3. The van der Waals surface area contributed by atoms with Gasteiger partial charge in [-0.1, -0.05) is 0 Å². The highest BCUT2D eigenvalue weighted by atomic mass is 32.2. The predicted octanol–water partition coefficient (Wildman–Crippen LogP) is 0.529. The number of rotatable bonds is 4. The lowest BCUT2D eigenvalue weighted by Crippen LogP contribution is -2.21. The standard InChI is InChI=1S/C12H20N4O3S/c1-20(18,19)10-11(13)16(8-3-2-4-9(8)17)15-12(10)14-7-5-6-7/h7-9,17H,2-6,13H2,1H3,(H,14,15). The number of aliphatic hydroxyl groups is 1. The van der Waals surface area contributed by atoms with E-state index in [0.717, 1.165) is 31.9 Å². The van der Waals surface area contributed by atoms with Crippen LogP contribution in [0.4, 0.5) is 11.6 Å². The van der Waals surface area contributed by atoms with Crippen LogP contribution in [0.1, 0.15) is 38.1 Å². The third-order valence-electron chi connectivity index (χ3n) is 3.95. The molecular weight excluding hydrogens is 280 g/mol. The number of anilines is 2. The fourth-order valence-electron chi connectivity index (χ4n) is 2.77. The number of nitrogens with zero attached hydrogens (tertiary/aromatic N) is 2. The van der Waals surface area contributed by atoms with Crippen molar-refractivity contribution in [2.75, 3.05) is 17.3 Å². The van der Waals surface area contributed by atoms with Crippen LogP contribution in [-0.2, 0) is 9.84 Å². The lowest BCUT2D eigenvalue weighted by molar-refractivity contribution is 0.131. The average Bonchev–Trinajstić information content (AvgIpc) is 2.94. The molecule has 2 atom stereocenters. The van der Waals surface area contributed by atoms with E-state index in [-0.39, 0.29) is 22.8 Å². The fourth-order valence-corrected chi connectivity index (χ4v) is 3.70. The van der Waals surface area contributed by atoms with Crippen molar-refractivity contribution in [1.29, 1.82) is 0 Å². The molecule has 2 fully saturated rings. The van der Waals surface area contributed by atoms with Gasteiger partial charge in [0.25, 0.3) is 0 Å². The van der Waals surface area contributed by atoms with Crippen LogP contribution in [0.2, 0.25) is 0 Å². The van der Waals surface area contributed by atoms with E-state index in [1.54, 1.807) is 0 Å². The molecule has 0 spiro atoms. The van der Waals surface area contributed by atoms with Crippen molar-refractivity contribution >= 4 is 21.5 Å². The summed E-state index contributed by atoms with van der Waals surface area (Å²) in [4.78, 5) is 0.0588. The molecule has 112 valence electrons. The van der Waals surface area contributed by atoms with Gasteiger partial charge in [0.15, 0.2) is 20.6 Å². The van der Waals surface area contributed by atoms with E-state index in [9.17, 15) is 13.5 Å². The fraction of sp³-hybridized carbons (Fsp3) is 0.750. The second-order valence-electron chi connectivity index (χ2n) is 5.76. The maximum absolute atomic E-state index is 12.0. The molecule has 0 bridgehead atoms. The van der Waals surface area contributed by atoms with Gasteiger partial charge in [-0.3, -0.25) is 0 Å². The molecule has 3 rings (SSSR count). The molecule has 2 aliphatic carbocycles. The van der Waals surface area contributed by atoms with Gasteiger partial charge in [-0.05, 0) is 32.1 Å². The second-order valence-corrected chi connectivity index (χ2v) is 7.72. The smallest absolute Gasteiger partial charge is 0.182 e. The molecule has 0 radical (unpaired) electrons. The van der Waals surface area contributed by atoms with Crippen LogP contribution in [0.5, 0.6) is 0 Å². The van der Waals surface area contributed by atoms with E-state index in [1.165, 1.54) is 4.68 Å². The van der Waals surface area contributed by atoms with Crippen molar-refractivity contribution in [2.24, 2.45) is 0 Å². The average molecular weight is 300 g/mol. The highest BCUT2D eigenvalue weighted by molar-refractivity contribution is 7.91. The zero-order chi connectivity index (χ0) is 14.5. The maximum atomic E-state index is 12.0. The summed E-state index contributed by atoms with van der Waals surface area (Å²) in [6.07, 6.45) is 5.00. The molecule has 1 aromatic rings. The summed E-state index contributed by atoms with van der Waals surface area (Å²) in [6.45, 7) is 0. The molecule has 7 nitrogen and oxygen atoms in total. The van der Waals surface area contributed by atoms with Crippen LogP contribution in [-0.4, -0.2) is 41.7 Å². The van der Waals surface area contributed by atoms with Crippen molar-refractivity contribution in [2.45, 2.75) is 55.2 Å². The van der Waals surface area contributed by atoms with E-state index >= 15 is 0 Å². The zero-order valence-electron chi connectivity index (χ0n) is 11.4. The highest BCUT2D eigenvalue weighted by Gasteiger charge is 2.34. The summed E-state index contributed by atoms with van der Waals surface area (Å²) < 4.78 is 25.4. The van der Waals surface area contributed by atoms with Crippen LogP contribution in [0.15, 0.2) is 4.90 Å².